The molecule has 0 radical (unpaired) electrons. The first-order valence-electron chi connectivity index (χ1n) is 7.12. The first kappa shape index (κ1) is 19.2. The molecule has 2 atom stereocenters. The van der Waals surface area contributed by atoms with Gasteiger partial charge >= 0.3 is 5.97 Å². The van der Waals surface area contributed by atoms with E-state index in [9.17, 15) is 9.59 Å². The van der Waals surface area contributed by atoms with Crippen LogP contribution in [0.15, 0.2) is 0 Å². The van der Waals surface area contributed by atoms with Crippen molar-refractivity contribution in [3.05, 3.63) is 0 Å². The molecule has 1 unspecified atom stereocenters. The van der Waals surface area contributed by atoms with Gasteiger partial charge in [-0.1, -0.05) is 26.2 Å². The van der Waals surface area contributed by atoms with Crippen LogP contribution in [0.4, 0.5) is 0 Å². The Kier molecular flexibility index (Phi) is 8.89. The zero-order valence-corrected chi connectivity index (χ0v) is 13.8. The first-order chi connectivity index (χ1) is 9.20. The molecule has 0 aliphatic carbocycles. The molecule has 4 N–H and O–H groups in total. The summed E-state index contributed by atoms with van der Waals surface area (Å²) in [6.07, 6.45) is 4.43. The van der Waals surface area contributed by atoms with Crippen LogP contribution in [0.1, 0.15) is 53.4 Å². The lowest BCUT2D eigenvalue weighted by atomic mass is 10.1. The normalized spacial score (nSPS) is 14.7. The summed E-state index contributed by atoms with van der Waals surface area (Å²) >= 11 is 1.28. The van der Waals surface area contributed by atoms with Crippen LogP contribution in [0.2, 0.25) is 0 Å². The number of unbranched alkanes of at least 4 members (excludes halogenated alkanes) is 2. The number of carboxylic acids is 1. The van der Waals surface area contributed by atoms with Gasteiger partial charge in [0.05, 0.1) is 5.75 Å². The quantitative estimate of drug-likeness (QED) is 0.537. The summed E-state index contributed by atoms with van der Waals surface area (Å²) in [7, 11) is 0. The van der Waals surface area contributed by atoms with Gasteiger partial charge in [-0.15, -0.1) is 11.8 Å². The van der Waals surface area contributed by atoms with Crippen LogP contribution in [0, 0.1) is 0 Å². The van der Waals surface area contributed by atoms with Crippen LogP contribution in [0.25, 0.3) is 0 Å². The maximum Gasteiger partial charge on any atom is 0.321 e. The van der Waals surface area contributed by atoms with Gasteiger partial charge in [0.15, 0.2) is 0 Å². The second kappa shape index (κ2) is 9.23. The third-order valence-electron chi connectivity index (χ3n) is 3.24. The molecule has 0 bridgehead atoms. The fourth-order valence-electron chi connectivity index (χ4n) is 1.73. The van der Waals surface area contributed by atoms with Gasteiger partial charge in [-0.2, -0.15) is 0 Å². The zero-order valence-electron chi connectivity index (χ0n) is 12.9. The second-order valence-corrected chi connectivity index (χ2v) is 7.30. The van der Waals surface area contributed by atoms with Gasteiger partial charge in [-0.25, -0.2) is 0 Å². The molecule has 0 heterocycles. The molecule has 0 aromatic rings. The minimum absolute atomic E-state index is 0.0651. The molecule has 0 fully saturated rings. The molecule has 0 saturated heterocycles. The number of aliphatic carboxylic acids is 1. The largest absolute Gasteiger partial charge is 0.480 e. The average molecular weight is 304 g/mol. The van der Waals surface area contributed by atoms with E-state index in [2.05, 4.69) is 12.2 Å². The predicted molar refractivity (Wildman–Crippen MR) is 83.9 cm³/mol. The van der Waals surface area contributed by atoms with Gasteiger partial charge in [0.2, 0.25) is 5.91 Å². The van der Waals surface area contributed by atoms with Gasteiger partial charge in [-0.3, -0.25) is 9.59 Å². The number of rotatable bonds is 10. The van der Waals surface area contributed by atoms with Crippen LogP contribution >= 0.6 is 11.8 Å². The third-order valence-corrected chi connectivity index (χ3v) is 4.64. The smallest absolute Gasteiger partial charge is 0.321 e. The number of thioether (sulfide) groups is 1. The van der Waals surface area contributed by atoms with Crippen molar-refractivity contribution < 1.29 is 14.7 Å². The minimum Gasteiger partial charge on any atom is -0.480 e. The Labute approximate surface area is 126 Å². The second-order valence-electron chi connectivity index (χ2n) is 5.67. The predicted octanol–water partition coefficient (Wildman–Crippen LogP) is 2.00. The summed E-state index contributed by atoms with van der Waals surface area (Å²) in [5, 5.41) is 11.8. The molecule has 0 saturated carbocycles. The van der Waals surface area contributed by atoms with E-state index in [0.717, 1.165) is 19.3 Å². The summed E-state index contributed by atoms with van der Waals surface area (Å²) in [6, 6.07) is -0.826. The summed E-state index contributed by atoms with van der Waals surface area (Å²) < 4.78 is -0.672. The number of carboxylic acid groups (broad SMARTS) is 1. The molecule has 0 aromatic carbocycles. The topological polar surface area (TPSA) is 92.4 Å². The van der Waals surface area contributed by atoms with E-state index < -0.39 is 16.8 Å². The Bertz CT molecular complexity index is 322. The Morgan fingerprint density at radius 3 is 2.45 bits per heavy atom. The molecule has 118 valence electrons. The highest BCUT2D eigenvalue weighted by molar-refractivity contribution is 8.01. The molecule has 0 rings (SSSR count). The summed E-state index contributed by atoms with van der Waals surface area (Å²) in [6.45, 7) is 7.63. The van der Waals surface area contributed by atoms with Crippen LogP contribution in [0.3, 0.4) is 0 Å². The van der Waals surface area contributed by atoms with Crippen molar-refractivity contribution in [2.45, 2.75) is 70.2 Å². The molecule has 0 aromatic heterocycles. The molecule has 1 amide bonds. The van der Waals surface area contributed by atoms with Crippen LogP contribution in [-0.4, -0.2) is 39.6 Å². The molecule has 0 spiro atoms. The van der Waals surface area contributed by atoms with Gasteiger partial charge in [0, 0.05) is 10.8 Å². The van der Waals surface area contributed by atoms with E-state index >= 15 is 0 Å². The Hall–Kier alpha value is -0.750. The van der Waals surface area contributed by atoms with Gasteiger partial charge in [0.25, 0.3) is 0 Å². The number of nitrogens with two attached hydrogens (primary N) is 1. The maximum atomic E-state index is 11.8. The highest BCUT2D eigenvalue weighted by atomic mass is 32.2. The van der Waals surface area contributed by atoms with E-state index in [1.54, 1.807) is 13.8 Å². The van der Waals surface area contributed by atoms with E-state index in [4.69, 9.17) is 10.8 Å². The van der Waals surface area contributed by atoms with E-state index in [-0.39, 0.29) is 17.7 Å². The fourth-order valence-corrected chi connectivity index (χ4v) is 2.59. The van der Waals surface area contributed by atoms with Gasteiger partial charge in [0.1, 0.15) is 6.04 Å². The molecule has 20 heavy (non-hydrogen) atoms. The van der Waals surface area contributed by atoms with Crippen molar-refractivity contribution in [3.8, 4) is 0 Å². The lowest BCUT2D eigenvalue weighted by molar-refractivity contribution is -0.139. The van der Waals surface area contributed by atoms with Gasteiger partial charge in [-0.05, 0) is 27.2 Å². The lowest BCUT2D eigenvalue weighted by Gasteiger charge is -2.27. The summed E-state index contributed by atoms with van der Waals surface area (Å²) in [5.41, 5.74) is 5.61. The molecular weight excluding hydrogens is 276 g/mol. The number of nitrogens with one attached hydrogen (secondary N) is 1. The van der Waals surface area contributed by atoms with Crippen molar-refractivity contribution in [2.24, 2.45) is 5.73 Å². The number of amides is 1. The molecule has 0 aliphatic heterocycles. The zero-order chi connectivity index (χ0) is 15.8. The highest BCUT2D eigenvalue weighted by Gasteiger charge is 2.33. The standard InChI is InChI=1S/C14H28N2O3S/c1-5-6-7-8-10(2)16-11(17)9-20-14(3,4)12(15)13(18)19/h10,12H,5-9,15H2,1-4H3,(H,16,17)(H,18,19)/t10?,12-/m1/s1. The van der Waals surface area contributed by atoms with Crippen molar-refractivity contribution in [1.82, 2.24) is 5.32 Å². The monoisotopic (exact) mass is 304 g/mol. The third kappa shape index (κ3) is 7.75. The number of hydrogen-bond acceptors (Lipinski definition) is 4. The lowest BCUT2D eigenvalue weighted by Crippen LogP contribution is -2.47. The minimum atomic E-state index is -1.05. The Morgan fingerprint density at radius 2 is 1.95 bits per heavy atom. The number of carbonyl (C=O) groups excluding carboxylic acids is 1. The summed E-state index contributed by atoms with van der Waals surface area (Å²) in [5.74, 6) is -0.882. The van der Waals surface area contributed by atoms with Crippen LogP contribution in [0.5, 0.6) is 0 Å². The van der Waals surface area contributed by atoms with Gasteiger partial charge < -0.3 is 16.2 Å². The average Bonchev–Trinajstić information content (AvgIpc) is 2.35. The number of hydrogen-bond donors (Lipinski definition) is 3. The van der Waals surface area contributed by atoms with E-state index in [1.165, 1.54) is 18.2 Å². The first-order valence-corrected chi connectivity index (χ1v) is 8.11. The van der Waals surface area contributed by atoms with Crippen LogP contribution < -0.4 is 11.1 Å². The van der Waals surface area contributed by atoms with Crippen molar-refractivity contribution in [2.75, 3.05) is 5.75 Å². The Balaban J connectivity index is 4.06. The van der Waals surface area contributed by atoms with Crippen LogP contribution in [-0.2, 0) is 9.59 Å². The highest BCUT2D eigenvalue weighted by Crippen LogP contribution is 2.27. The molecule has 6 heteroatoms. The maximum absolute atomic E-state index is 11.8. The Morgan fingerprint density at radius 1 is 1.35 bits per heavy atom. The van der Waals surface area contributed by atoms with E-state index in [0.29, 0.717) is 0 Å². The molecule has 0 aliphatic rings. The fraction of sp³-hybridized carbons (Fsp3) is 0.857. The molecular formula is C14H28N2O3S. The van der Waals surface area contributed by atoms with Crippen molar-refractivity contribution in [3.63, 3.8) is 0 Å². The molecule has 5 nitrogen and oxygen atoms in total. The van der Waals surface area contributed by atoms with E-state index in [1.807, 2.05) is 6.92 Å². The SMILES string of the molecule is CCCCCC(C)NC(=O)CSC(C)(C)[C@H](N)C(=O)O. The van der Waals surface area contributed by atoms with Crippen molar-refractivity contribution in [1.29, 1.82) is 0 Å². The summed E-state index contributed by atoms with van der Waals surface area (Å²) in [4.78, 5) is 22.7. The van der Waals surface area contributed by atoms with Crippen molar-refractivity contribution >= 4 is 23.6 Å². The number of carbonyl (C=O) groups is 2.